The molecule has 0 saturated carbocycles. The highest BCUT2D eigenvalue weighted by Crippen LogP contribution is 2.26. The Balaban J connectivity index is 1.73. The number of fused-ring (bicyclic) bond motifs is 1. The number of hydrogen-bond acceptors (Lipinski definition) is 2. The minimum atomic E-state index is -0.0377. The van der Waals surface area contributed by atoms with Crippen LogP contribution in [0.4, 0.5) is 0 Å². The summed E-state index contributed by atoms with van der Waals surface area (Å²) in [6.07, 6.45) is 3.14. The minimum Gasteiger partial charge on any atom is -0.338 e. The van der Waals surface area contributed by atoms with E-state index in [4.69, 9.17) is 0 Å². The van der Waals surface area contributed by atoms with Crippen molar-refractivity contribution in [2.45, 2.75) is 51.7 Å². The standard InChI is InChI=1S/C17H24N2O/c1-12(2)16-8-5-9-19(16)17(20)15-10-13-6-3-4-7-14(13)11-18-15/h3-4,6-7,12,15-16,18H,5,8-11H2,1-2H3. The predicted octanol–water partition coefficient (Wildman–Crippen LogP) is 2.35. The van der Waals surface area contributed by atoms with E-state index in [-0.39, 0.29) is 6.04 Å². The van der Waals surface area contributed by atoms with E-state index < -0.39 is 0 Å². The highest BCUT2D eigenvalue weighted by molar-refractivity contribution is 5.83. The van der Waals surface area contributed by atoms with Crippen molar-refractivity contribution >= 4 is 5.91 Å². The number of benzene rings is 1. The molecule has 1 amide bonds. The Kier molecular flexibility index (Phi) is 3.79. The molecule has 2 atom stereocenters. The van der Waals surface area contributed by atoms with E-state index >= 15 is 0 Å². The Morgan fingerprint density at radius 1 is 1.30 bits per heavy atom. The Labute approximate surface area is 121 Å². The van der Waals surface area contributed by atoms with Crippen LogP contribution in [0.2, 0.25) is 0 Å². The van der Waals surface area contributed by atoms with Crippen molar-refractivity contribution in [3.63, 3.8) is 0 Å². The van der Waals surface area contributed by atoms with Gasteiger partial charge in [-0.1, -0.05) is 38.1 Å². The SMILES string of the molecule is CC(C)C1CCCN1C(=O)C1Cc2ccccc2CN1. The number of carbonyl (C=O) groups is 1. The largest absolute Gasteiger partial charge is 0.338 e. The summed E-state index contributed by atoms with van der Waals surface area (Å²) in [4.78, 5) is 14.9. The van der Waals surface area contributed by atoms with Gasteiger partial charge in [0.25, 0.3) is 0 Å². The fourth-order valence-electron chi connectivity index (χ4n) is 3.59. The molecule has 3 rings (SSSR count). The second-order valence-corrected chi connectivity index (χ2v) is 6.39. The van der Waals surface area contributed by atoms with Crippen LogP contribution < -0.4 is 5.32 Å². The highest BCUT2D eigenvalue weighted by Gasteiger charge is 2.35. The highest BCUT2D eigenvalue weighted by atomic mass is 16.2. The second-order valence-electron chi connectivity index (χ2n) is 6.39. The van der Waals surface area contributed by atoms with Crippen LogP contribution in [0, 0.1) is 5.92 Å². The van der Waals surface area contributed by atoms with Crippen LogP contribution in [0.3, 0.4) is 0 Å². The van der Waals surface area contributed by atoms with Gasteiger partial charge in [0, 0.05) is 19.1 Å². The molecule has 1 N–H and O–H groups in total. The number of nitrogens with zero attached hydrogens (tertiary/aromatic N) is 1. The van der Waals surface area contributed by atoms with E-state index in [2.05, 4.69) is 48.3 Å². The van der Waals surface area contributed by atoms with Gasteiger partial charge in [0.2, 0.25) is 5.91 Å². The molecule has 2 heterocycles. The summed E-state index contributed by atoms with van der Waals surface area (Å²) in [5.74, 6) is 0.855. The molecule has 2 aliphatic heterocycles. The van der Waals surface area contributed by atoms with E-state index in [0.717, 1.165) is 32.4 Å². The van der Waals surface area contributed by atoms with Crippen molar-refractivity contribution in [3.05, 3.63) is 35.4 Å². The van der Waals surface area contributed by atoms with Gasteiger partial charge < -0.3 is 10.2 Å². The Hall–Kier alpha value is -1.35. The number of amides is 1. The molecule has 0 radical (unpaired) electrons. The molecule has 108 valence electrons. The summed E-state index contributed by atoms with van der Waals surface area (Å²) >= 11 is 0. The van der Waals surface area contributed by atoms with Crippen LogP contribution in [0.1, 0.15) is 37.8 Å². The van der Waals surface area contributed by atoms with E-state index in [1.807, 2.05) is 0 Å². The van der Waals surface area contributed by atoms with E-state index in [1.165, 1.54) is 11.1 Å². The normalized spacial score (nSPS) is 25.9. The molecule has 2 aliphatic rings. The predicted molar refractivity (Wildman–Crippen MR) is 80.3 cm³/mol. The zero-order valence-corrected chi connectivity index (χ0v) is 12.4. The molecule has 1 aromatic rings. The molecule has 3 heteroatoms. The zero-order valence-electron chi connectivity index (χ0n) is 12.4. The summed E-state index contributed by atoms with van der Waals surface area (Å²) in [6.45, 7) is 6.19. The van der Waals surface area contributed by atoms with Crippen molar-refractivity contribution in [1.29, 1.82) is 0 Å². The lowest BCUT2D eigenvalue weighted by molar-refractivity contribution is -0.135. The van der Waals surface area contributed by atoms with E-state index in [9.17, 15) is 4.79 Å². The van der Waals surface area contributed by atoms with Crippen LogP contribution in [0.25, 0.3) is 0 Å². The van der Waals surface area contributed by atoms with Crippen molar-refractivity contribution in [3.8, 4) is 0 Å². The maximum atomic E-state index is 12.8. The first-order valence-electron chi connectivity index (χ1n) is 7.77. The maximum absolute atomic E-state index is 12.8. The Morgan fingerprint density at radius 3 is 2.80 bits per heavy atom. The topological polar surface area (TPSA) is 32.3 Å². The van der Waals surface area contributed by atoms with Gasteiger partial charge in [0.05, 0.1) is 6.04 Å². The molecule has 3 nitrogen and oxygen atoms in total. The molecule has 1 aromatic carbocycles. The molecule has 2 unspecified atom stereocenters. The van der Waals surface area contributed by atoms with Gasteiger partial charge in [-0.3, -0.25) is 4.79 Å². The Morgan fingerprint density at radius 2 is 2.05 bits per heavy atom. The lowest BCUT2D eigenvalue weighted by atomic mass is 9.94. The quantitative estimate of drug-likeness (QED) is 0.896. The van der Waals surface area contributed by atoms with Crippen molar-refractivity contribution in [1.82, 2.24) is 10.2 Å². The number of carbonyl (C=O) groups excluding carboxylic acids is 1. The molecule has 0 aromatic heterocycles. The number of hydrogen-bond donors (Lipinski definition) is 1. The lowest BCUT2D eigenvalue weighted by Crippen LogP contribution is -2.51. The third kappa shape index (κ3) is 2.47. The fraction of sp³-hybridized carbons (Fsp3) is 0.588. The van der Waals surface area contributed by atoms with Gasteiger partial charge in [-0.15, -0.1) is 0 Å². The summed E-state index contributed by atoms with van der Waals surface area (Å²) < 4.78 is 0. The van der Waals surface area contributed by atoms with Gasteiger partial charge in [0.15, 0.2) is 0 Å². The molecular weight excluding hydrogens is 248 g/mol. The van der Waals surface area contributed by atoms with Crippen LogP contribution in [0.15, 0.2) is 24.3 Å². The maximum Gasteiger partial charge on any atom is 0.240 e. The second kappa shape index (κ2) is 5.57. The summed E-state index contributed by atoms with van der Waals surface area (Å²) in [5, 5.41) is 3.42. The lowest BCUT2D eigenvalue weighted by Gasteiger charge is -2.33. The summed E-state index contributed by atoms with van der Waals surface area (Å²) in [5.41, 5.74) is 2.66. The van der Waals surface area contributed by atoms with Gasteiger partial charge in [-0.2, -0.15) is 0 Å². The average molecular weight is 272 g/mol. The summed E-state index contributed by atoms with van der Waals surface area (Å²) in [6, 6.07) is 8.83. The number of likely N-dealkylation sites (tertiary alicyclic amines) is 1. The molecule has 0 aliphatic carbocycles. The fourth-order valence-corrected chi connectivity index (χ4v) is 3.59. The van der Waals surface area contributed by atoms with Crippen molar-refractivity contribution < 1.29 is 4.79 Å². The van der Waals surface area contributed by atoms with Crippen molar-refractivity contribution in [2.24, 2.45) is 5.92 Å². The minimum absolute atomic E-state index is 0.0377. The van der Waals surface area contributed by atoms with Crippen LogP contribution >= 0.6 is 0 Å². The van der Waals surface area contributed by atoms with Gasteiger partial charge in [-0.05, 0) is 36.3 Å². The van der Waals surface area contributed by atoms with Crippen LogP contribution in [0.5, 0.6) is 0 Å². The molecule has 20 heavy (non-hydrogen) atoms. The number of nitrogens with one attached hydrogen (secondary N) is 1. The van der Waals surface area contributed by atoms with E-state index in [1.54, 1.807) is 0 Å². The smallest absolute Gasteiger partial charge is 0.240 e. The monoisotopic (exact) mass is 272 g/mol. The third-order valence-electron chi connectivity index (χ3n) is 4.73. The van der Waals surface area contributed by atoms with Crippen molar-refractivity contribution in [2.75, 3.05) is 6.54 Å². The first kappa shape index (κ1) is 13.6. The van der Waals surface area contributed by atoms with E-state index in [0.29, 0.717) is 17.9 Å². The van der Waals surface area contributed by atoms with Gasteiger partial charge in [-0.25, -0.2) is 0 Å². The average Bonchev–Trinajstić information content (AvgIpc) is 2.95. The Bertz CT molecular complexity index is 498. The molecule has 1 fully saturated rings. The molecule has 0 bridgehead atoms. The molecule has 0 spiro atoms. The van der Waals surface area contributed by atoms with Gasteiger partial charge >= 0.3 is 0 Å². The van der Waals surface area contributed by atoms with Crippen LogP contribution in [-0.4, -0.2) is 29.4 Å². The summed E-state index contributed by atoms with van der Waals surface area (Å²) in [7, 11) is 0. The first-order valence-corrected chi connectivity index (χ1v) is 7.77. The van der Waals surface area contributed by atoms with Gasteiger partial charge in [0.1, 0.15) is 0 Å². The van der Waals surface area contributed by atoms with Crippen LogP contribution in [-0.2, 0) is 17.8 Å². The molecule has 1 saturated heterocycles. The third-order valence-corrected chi connectivity index (χ3v) is 4.73. The molecular formula is C17H24N2O. The number of rotatable bonds is 2. The first-order chi connectivity index (χ1) is 9.66. The zero-order chi connectivity index (χ0) is 14.1.